The van der Waals surface area contributed by atoms with Crippen molar-refractivity contribution in [1.29, 1.82) is 0 Å². The Kier molecular flexibility index (Phi) is 4.95. The molecule has 1 amide bonds. The summed E-state index contributed by atoms with van der Waals surface area (Å²) in [5, 5.41) is 11.3. The van der Waals surface area contributed by atoms with Crippen molar-refractivity contribution in [2.75, 3.05) is 6.61 Å². The number of carboxylic acids is 1. The molecule has 0 radical (unpaired) electrons. The van der Waals surface area contributed by atoms with Crippen molar-refractivity contribution < 1.29 is 24.2 Å². The Labute approximate surface area is 107 Å². The molecule has 0 aliphatic carbocycles. The summed E-state index contributed by atoms with van der Waals surface area (Å²) in [7, 11) is 0. The fourth-order valence-electron chi connectivity index (χ4n) is 1.84. The highest BCUT2D eigenvalue weighted by Crippen LogP contribution is 2.22. The van der Waals surface area contributed by atoms with Crippen molar-refractivity contribution in [2.45, 2.75) is 51.9 Å². The van der Waals surface area contributed by atoms with E-state index in [1.807, 2.05) is 0 Å². The first kappa shape index (κ1) is 14.8. The molecule has 6 nitrogen and oxygen atoms in total. The topological polar surface area (TPSA) is 84.9 Å². The molecule has 18 heavy (non-hydrogen) atoms. The van der Waals surface area contributed by atoms with E-state index >= 15 is 0 Å². The lowest BCUT2D eigenvalue weighted by atomic mass is 9.95. The predicted octanol–water partition coefficient (Wildman–Crippen LogP) is 1.74. The minimum atomic E-state index is -0.821. The summed E-state index contributed by atoms with van der Waals surface area (Å²) < 4.78 is 10.5. The lowest BCUT2D eigenvalue weighted by Crippen LogP contribution is -2.44. The van der Waals surface area contributed by atoms with Gasteiger partial charge in [0.25, 0.3) is 0 Å². The van der Waals surface area contributed by atoms with Gasteiger partial charge in [0.1, 0.15) is 11.8 Å². The lowest BCUT2D eigenvalue weighted by Gasteiger charge is -2.30. The van der Waals surface area contributed by atoms with Crippen LogP contribution in [-0.2, 0) is 14.3 Å². The van der Waals surface area contributed by atoms with Crippen LogP contribution in [0.4, 0.5) is 4.79 Å². The van der Waals surface area contributed by atoms with Crippen LogP contribution >= 0.6 is 0 Å². The normalized spacial score (nSPS) is 24.4. The highest BCUT2D eigenvalue weighted by atomic mass is 16.6. The molecule has 1 aliphatic heterocycles. The average molecular weight is 259 g/mol. The third kappa shape index (κ3) is 5.86. The van der Waals surface area contributed by atoms with E-state index in [4.69, 9.17) is 14.6 Å². The number of alkyl carbamates (subject to hydrolysis) is 1. The summed E-state index contributed by atoms with van der Waals surface area (Å²) in [6, 6.07) is 0. The molecule has 2 N–H and O–H groups in total. The molecule has 0 spiro atoms. The smallest absolute Gasteiger partial charge is 0.409 e. The summed E-state index contributed by atoms with van der Waals surface area (Å²) in [6.45, 7) is 5.79. The van der Waals surface area contributed by atoms with Gasteiger partial charge in [-0.05, 0) is 39.5 Å². The Hall–Kier alpha value is -1.30. The van der Waals surface area contributed by atoms with E-state index in [1.54, 1.807) is 20.8 Å². The third-order valence-electron chi connectivity index (χ3n) is 2.53. The molecule has 104 valence electrons. The van der Waals surface area contributed by atoms with E-state index in [9.17, 15) is 9.59 Å². The van der Waals surface area contributed by atoms with Crippen molar-refractivity contribution >= 4 is 12.1 Å². The van der Waals surface area contributed by atoms with Gasteiger partial charge >= 0.3 is 12.1 Å². The molecule has 0 unspecified atom stereocenters. The fourth-order valence-corrected chi connectivity index (χ4v) is 1.84. The Bertz CT molecular complexity index is 310. The van der Waals surface area contributed by atoms with Crippen molar-refractivity contribution in [3.05, 3.63) is 0 Å². The van der Waals surface area contributed by atoms with Crippen LogP contribution in [0.3, 0.4) is 0 Å². The van der Waals surface area contributed by atoms with Gasteiger partial charge in [-0.1, -0.05) is 0 Å². The quantitative estimate of drug-likeness (QED) is 0.806. The number of carbonyl (C=O) groups excluding carboxylic acids is 1. The van der Waals surface area contributed by atoms with E-state index < -0.39 is 23.9 Å². The first-order valence-electron chi connectivity index (χ1n) is 6.09. The number of ether oxygens (including phenoxy) is 2. The first-order chi connectivity index (χ1) is 8.26. The maximum atomic E-state index is 11.5. The van der Waals surface area contributed by atoms with E-state index in [0.29, 0.717) is 19.4 Å². The molecule has 1 saturated heterocycles. The minimum Gasteiger partial charge on any atom is -0.481 e. The summed E-state index contributed by atoms with van der Waals surface area (Å²) >= 11 is 0. The number of carboxylic acid groups (broad SMARTS) is 1. The summed E-state index contributed by atoms with van der Waals surface area (Å²) in [5.41, 5.74) is -0.556. The molecule has 2 atom stereocenters. The van der Waals surface area contributed by atoms with Crippen LogP contribution in [0.5, 0.6) is 0 Å². The minimum absolute atomic E-state index is 0.0381. The summed E-state index contributed by atoms with van der Waals surface area (Å²) in [4.78, 5) is 22.2. The van der Waals surface area contributed by atoms with Crippen LogP contribution in [0.15, 0.2) is 0 Å². The number of rotatable bonds is 3. The van der Waals surface area contributed by atoms with Crippen molar-refractivity contribution in [1.82, 2.24) is 5.32 Å². The van der Waals surface area contributed by atoms with E-state index in [1.165, 1.54) is 0 Å². The van der Waals surface area contributed by atoms with Crippen molar-refractivity contribution in [3.63, 3.8) is 0 Å². The van der Waals surface area contributed by atoms with Crippen LogP contribution in [0, 0.1) is 5.92 Å². The number of hydrogen-bond donors (Lipinski definition) is 2. The second-order valence-electron chi connectivity index (χ2n) is 5.49. The Morgan fingerprint density at radius 1 is 1.44 bits per heavy atom. The monoisotopic (exact) mass is 259 g/mol. The SMILES string of the molecule is CC(C)(C)OC(=O)N[C@@H]1C[C@H](CC(=O)O)CCO1. The van der Waals surface area contributed by atoms with Gasteiger partial charge in [0, 0.05) is 13.0 Å². The van der Waals surface area contributed by atoms with Crippen LogP contribution in [0.2, 0.25) is 0 Å². The largest absolute Gasteiger partial charge is 0.481 e. The zero-order valence-electron chi connectivity index (χ0n) is 11.1. The summed E-state index contributed by atoms with van der Waals surface area (Å²) in [6.07, 6.45) is 0.321. The molecule has 1 fully saturated rings. The maximum absolute atomic E-state index is 11.5. The molecule has 0 bridgehead atoms. The van der Waals surface area contributed by atoms with E-state index in [-0.39, 0.29) is 12.3 Å². The van der Waals surface area contributed by atoms with E-state index in [0.717, 1.165) is 0 Å². The maximum Gasteiger partial charge on any atom is 0.409 e. The van der Waals surface area contributed by atoms with E-state index in [2.05, 4.69) is 5.32 Å². The van der Waals surface area contributed by atoms with Gasteiger partial charge in [-0.3, -0.25) is 10.1 Å². The van der Waals surface area contributed by atoms with Gasteiger partial charge in [-0.2, -0.15) is 0 Å². The number of aliphatic carboxylic acids is 1. The molecular weight excluding hydrogens is 238 g/mol. The molecule has 1 rings (SSSR count). The average Bonchev–Trinajstić information content (AvgIpc) is 2.13. The number of carbonyl (C=O) groups is 2. The Morgan fingerprint density at radius 3 is 2.67 bits per heavy atom. The molecular formula is C12H21NO5. The third-order valence-corrected chi connectivity index (χ3v) is 2.53. The number of nitrogens with one attached hydrogen (secondary N) is 1. The lowest BCUT2D eigenvalue weighted by molar-refractivity contribution is -0.139. The zero-order chi connectivity index (χ0) is 13.8. The van der Waals surface area contributed by atoms with Crippen LogP contribution in [0.25, 0.3) is 0 Å². The highest BCUT2D eigenvalue weighted by Gasteiger charge is 2.27. The molecule has 0 saturated carbocycles. The van der Waals surface area contributed by atoms with Gasteiger partial charge < -0.3 is 14.6 Å². The van der Waals surface area contributed by atoms with Crippen molar-refractivity contribution in [2.24, 2.45) is 5.92 Å². The van der Waals surface area contributed by atoms with Crippen LogP contribution in [0.1, 0.15) is 40.0 Å². The molecule has 0 aromatic carbocycles. The van der Waals surface area contributed by atoms with Gasteiger partial charge in [0.2, 0.25) is 0 Å². The standard InChI is InChI=1S/C12H21NO5/c1-12(2,3)18-11(16)13-9-6-8(4-5-17-9)7-10(14)15/h8-9H,4-7H2,1-3H3,(H,13,16)(H,14,15)/t8-,9+/m1/s1. The molecule has 1 aliphatic rings. The molecule has 6 heteroatoms. The highest BCUT2D eigenvalue weighted by molar-refractivity contribution is 5.68. The van der Waals surface area contributed by atoms with Crippen LogP contribution in [-0.4, -0.2) is 35.6 Å². The van der Waals surface area contributed by atoms with Crippen LogP contribution < -0.4 is 5.32 Å². The van der Waals surface area contributed by atoms with Gasteiger partial charge in [-0.15, -0.1) is 0 Å². The molecule has 0 aromatic heterocycles. The Balaban J connectivity index is 2.38. The second kappa shape index (κ2) is 6.04. The fraction of sp³-hybridized carbons (Fsp3) is 0.833. The zero-order valence-corrected chi connectivity index (χ0v) is 11.1. The first-order valence-corrected chi connectivity index (χ1v) is 6.09. The number of hydrogen-bond acceptors (Lipinski definition) is 4. The van der Waals surface area contributed by atoms with Gasteiger partial charge in [-0.25, -0.2) is 4.79 Å². The van der Waals surface area contributed by atoms with Crippen molar-refractivity contribution in [3.8, 4) is 0 Å². The van der Waals surface area contributed by atoms with Gasteiger partial charge in [0.15, 0.2) is 0 Å². The predicted molar refractivity (Wildman–Crippen MR) is 64.1 cm³/mol. The Morgan fingerprint density at radius 2 is 2.11 bits per heavy atom. The second-order valence-corrected chi connectivity index (χ2v) is 5.49. The molecule has 0 aromatic rings. The van der Waals surface area contributed by atoms with Gasteiger partial charge in [0.05, 0.1) is 0 Å². The molecule has 1 heterocycles. The summed E-state index contributed by atoms with van der Waals surface area (Å²) in [5.74, 6) is -0.783. The number of amides is 1.